The number of hydrogen-bond donors (Lipinski definition) is 3. The molecule has 0 aromatic rings. The molecule has 1 saturated carbocycles. The van der Waals surface area contributed by atoms with E-state index in [1.807, 2.05) is 0 Å². The first-order valence-corrected chi connectivity index (χ1v) is 6.97. The summed E-state index contributed by atoms with van der Waals surface area (Å²) in [4.78, 5) is 23.9. The van der Waals surface area contributed by atoms with Crippen molar-refractivity contribution in [1.82, 2.24) is 10.6 Å². The fourth-order valence-electron chi connectivity index (χ4n) is 3.03. The van der Waals surface area contributed by atoms with E-state index in [0.29, 0.717) is 12.8 Å². The highest BCUT2D eigenvalue weighted by Gasteiger charge is 2.41. The number of nitrogens with two attached hydrogens (primary N) is 1. The molecule has 1 unspecified atom stereocenters. The molecule has 1 atom stereocenters. The minimum absolute atomic E-state index is 0.0133. The van der Waals surface area contributed by atoms with E-state index in [2.05, 4.69) is 10.6 Å². The molecule has 2 fully saturated rings. The van der Waals surface area contributed by atoms with Crippen molar-refractivity contribution in [2.24, 2.45) is 11.7 Å². The zero-order chi connectivity index (χ0) is 13.0. The van der Waals surface area contributed by atoms with Crippen LogP contribution in [0.5, 0.6) is 0 Å². The molecule has 5 heteroatoms. The van der Waals surface area contributed by atoms with Gasteiger partial charge < -0.3 is 16.4 Å². The molecule has 1 heterocycles. The highest BCUT2D eigenvalue weighted by Crippen LogP contribution is 2.30. The smallest absolute Gasteiger partial charge is 0.243 e. The van der Waals surface area contributed by atoms with E-state index in [0.717, 1.165) is 45.2 Å². The van der Waals surface area contributed by atoms with Crippen molar-refractivity contribution < 1.29 is 9.59 Å². The average molecular weight is 253 g/mol. The summed E-state index contributed by atoms with van der Waals surface area (Å²) in [6, 6.07) is 0. The summed E-state index contributed by atoms with van der Waals surface area (Å²) in [5.41, 5.74) is 4.71. The third-order valence-electron chi connectivity index (χ3n) is 4.24. The largest absolute Gasteiger partial charge is 0.368 e. The summed E-state index contributed by atoms with van der Waals surface area (Å²) in [6.45, 7) is 1.85. The highest BCUT2D eigenvalue weighted by atomic mass is 16.2. The van der Waals surface area contributed by atoms with E-state index in [1.165, 1.54) is 0 Å². The van der Waals surface area contributed by atoms with Gasteiger partial charge >= 0.3 is 0 Å². The molecule has 1 aliphatic carbocycles. The Morgan fingerprint density at radius 2 is 1.83 bits per heavy atom. The lowest BCUT2D eigenvalue weighted by Crippen LogP contribution is -2.57. The van der Waals surface area contributed by atoms with Gasteiger partial charge in [-0.05, 0) is 45.2 Å². The molecule has 0 radical (unpaired) electrons. The standard InChI is InChI=1S/C13H23N3O2/c14-12(18)13(6-1-2-7-13)16-11(17)10-4-3-8-15-9-5-10/h10,15H,1-9H2,(H2,14,18)(H,16,17). The van der Waals surface area contributed by atoms with Gasteiger partial charge in [0.05, 0.1) is 0 Å². The first-order chi connectivity index (χ1) is 8.64. The van der Waals surface area contributed by atoms with Crippen LogP contribution in [0.25, 0.3) is 0 Å². The second kappa shape index (κ2) is 5.69. The summed E-state index contributed by atoms with van der Waals surface area (Å²) in [6.07, 6.45) is 6.08. The van der Waals surface area contributed by atoms with Gasteiger partial charge in [-0.15, -0.1) is 0 Å². The van der Waals surface area contributed by atoms with Gasteiger partial charge in [-0.2, -0.15) is 0 Å². The number of nitrogens with one attached hydrogen (secondary N) is 2. The Morgan fingerprint density at radius 1 is 1.11 bits per heavy atom. The van der Waals surface area contributed by atoms with Crippen LogP contribution in [0.2, 0.25) is 0 Å². The fourth-order valence-corrected chi connectivity index (χ4v) is 3.03. The Labute approximate surface area is 108 Å². The van der Waals surface area contributed by atoms with Crippen molar-refractivity contribution >= 4 is 11.8 Å². The minimum Gasteiger partial charge on any atom is -0.368 e. The van der Waals surface area contributed by atoms with Crippen LogP contribution in [0.1, 0.15) is 44.9 Å². The van der Waals surface area contributed by atoms with Gasteiger partial charge in [0.25, 0.3) is 0 Å². The summed E-state index contributed by atoms with van der Waals surface area (Å²) in [7, 11) is 0. The predicted molar refractivity (Wildman–Crippen MR) is 68.7 cm³/mol. The number of rotatable bonds is 3. The normalized spacial score (nSPS) is 27.4. The molecular formula is C13H23N3O2. The van der Waals surface area contributed by atoms with E-state index in [1.54, 1.807) is 0 Å². The summed E-state index contributed by atoms with van der Waals surface area (Å²) < 4.78 is 0. The van der Waals surface area contributed by atoms with Gasteiger partial charge in [0.1, 0.15) is 5.54 Å². The van der Waals surface area contributed by atoms with Gasteiger partial charge in [-0.25, -0.2) is 0 Å². The molecule has 18 heavy (non-hydrogen) atoms. The summed E-state index contributed by atoms with van der Waals surface area (Å²) >= 11 is 0. The zero-order valence-corrected chi connectivity index (χ0v) is 10.8. The molecule has 0 spiro atoms. The lowest BCUT2D eigenvalue weighted by molar-refractivity contribution is -0.133. The topological polar surface area (TPSA) is 84.2 Å². The van der Waals surface area contributed by atoms with E-state index in [9.17, 15) is 9.59 Å². The zero-order valence-electron chi connectivity index (χ0n) is 10.8. The van der Waals surface area contributed by atoms with Crippen LogP contribution in [0.4, 0.5) is 0 Å². The first kappa shape index (κ1) is 13.3. The van der Waals surface area contributed by atoms with Crippen LogP contribution in [0, 0.1) is 5.92 Å². The van der Waals surface area contributed by atoms with Crippen molar-refractivity contribution in [3.05, 3.63) is 0 Å². The number of primary amides is 1. The molecule has 1 saturated heterocycles. The van der Waals surface area contributed by atoms with Gasteiger partial charge in [0.15, 0.2) is 0 Å². The Bertz CT molecular complexity index is 316. The Kier molecular flexibility index (Phi) is 4.22. The second-order valence-electron chi connectivity index (χ2n) is 5.52. The van der Waals surface area contributed by atoms with E-state index < -0.39 is 5.54 Å². The third-order valence-corrected chi connectivity index (χ3v) is 4.24. The van der Waals surface area contributed by atoms with E-state index in [-0.39, 0.29) is 17.7 Å². The molecule has 2 rings (SSSR count). The van der Waals surface area contributed by atoms with Crippen LogP contribution in [0.3, 0.4) is 0 Å². The number of carbonyl (C=O) groups is 2. The molecule has 2 aliphatic rings. The predicted octanol–water partition coefficient (Wildman–Crippen LogP) is 0.290. The first-order valence-electron chi connectivity index (χ1n) is 6.97. The molecule has 0 aromatic heterocycles. The van der Waals surface area contributed by atoms with E-state index in [4.69, 9.17) is 5.73 Å². The Morgan fingerprint density at radius 3 is 2.50 bits per heavy atom. The number of carbonyl (C=O) groups excluding carboxylic acids is 2. The molecule has 102 valence electrons. The summed E-state index contributed by atoms with van der Waals surface area (Å²) in [5, 5.41) is 6.23. The molecule has 0 bridgehead atoms. The lowest BCUT2D eigenvalue weighted by atomic mass is 9.93. The van der Waals surface area contributed by atoms with Crippen LogP contribution in [0.15, 0.2) is 0 Å². The van der Waals surface area contributed by atoms with Crippen molar-refractivity contribution in [2.45, 2.75) is 50.5 Å². The Balaban J connectivity index is 1.98. The van der Waals surface area contributed by atoms with Crippen LogP contribution in [-0.2, 0) is 9.59 Å². The lowest BCUT2D eigenvalue weighted by Gasteiger charge is -2.28. The van der Waals surface area contributed by atoms with Crippen molar-refractivity contribution in [3.8, 4) is 0 Å². The summed E-state index contributed by atoms with van der Waals surface area (Å²) in [5.74, 6) is -0.337. The molecular weight excluding hydrogens is 230 g/mol. The van der Waals surface area contributed by atoms with Gasteiger partial charge in [0, 0.05) is 5.92 Å². The van der Waals surface area contributed by atoms with Gasteiger partial charge in [-0.3, -0.25) is 9.59 Å². The molecule has 4 N–H and O–H groups in total. The quantitative estimate of drug-likeness (QED) is 0.676. The maximum atomic E-state index is 12.3. The second-order valence-corrected chi connectivity index (χ2v) is 5.52. The fraction of sp³-hybridized carbons (Fsp3) is 0.846. The minimum atomic E-state index is -0.767. The van der Waals surface area contributed by atoms with Crippen LogP contribution >= 0.6 is 0 Å². The van der Waals surface area contributed by atoms with Crippen molar-refractivity contribution in [3.63, 3.8) is 0 Å². The SMILES string of the molecule is NC(=O)C1(NC(=O)C2CCCNCC2)CCCC1. The maximum Gasteiger partial charge on any atom is 0.243 e. The monoisotopic (exact) mass is 253 g/mol. The van der Waals surface area contributed by atoms with Crippen LogP contribution < -0.4 is 16.4 Å². The number of hydrogen-bond acceptors (Lipinski definition) is 3. The van der Waals surface area contributed by atoms with Crippen molar-refractivity contribution in [1.29, 1.82) is 0 Å². The van der Waals surface area contributed by atoms with Crippen LogP contribution in [-0.4, -0.2) is 30.4 Å². The number of amides is 2. The highest BCUT2D eigenvalue weighted by molar-refractivity contribution is 5.91. The molecule has 5 nitrogen and oxygen atoms in total. The third kappa shape index (κ3) is 2.83. The molecule has 0 aromatic carbocycles. The average Bonchev–Trinajstić information content (AvgIpc) is 2.65. The van der Waals surface area contributed by atoms with Crippen molar-refractivity contribution in [2.75, 3.05) is 13.1 Å². The maximum absolute atomic E-state index is 12.3. The molecule has 1 aliphatic heterocycles. The van der Waals surface area contributed by atoms with E-state index >= 15 is 0 Å². The van der Waals surface area contributed by atoms with Gasteiger partial charge in [0.2, 0.25) is 11.8 Å². The Hall–Kier alpha value is -1.10. The van der Waals surface area contributed by atoms with Gasteiger partial charge in [-0.1, -0.05) is 12.8 Å². The molecule has 2 amide bonds.